The number of hydrogen-bond donors (Lipinski definition) is 0. The molecule has 1 aliphatic rings. The van der Waals surface area contributed by atoms with Gasteiger partial charge in [0.1, 0.15) is 6.33 Å². The Bertz CT molecular complexity index is 1320. The molecule has 1 amide bonds. The van der Waals surface area contributed by atoms with Gasteiger partial charge < -0.3 is 19.3 Å². The van der Waals surface area contributed by atoms with Gasteiger partial charge in [0.2, 0.25) is 5.91 Å². The zero-order valence-electron chi connectivity index (χ0n) is 19.8. The van der Waals surface area contributed by atoms with Crippen LogP contribution in [0.5, 0.6) is 11.5 Å². The normalized spacial score (nSPS) is 13.8. The van der Waals surface area contributed by atoms with Crippen LogP contribution in [0.15, 0.2) is 54.9 Å². The van der Waals surface area contributed by atoms with Crippen molar-refractivity contribution in [3.8, 4) is 11.5 Å². The SMILES string of the molecule is COc1ccc(CC(=O)N2CCN(c3ncnc4c3nnn4Cc3ccccc3)CC2)cc1OC. The van der Waals surface area contributed by atoms with Crippen molar-refractivity contribution in [2.24, 2.45) is 0 Å². The van der Waals surface area contributed by atoms with Crippen molar-refractivity contribution in [3.63, 3.8) is 0 Å². The summed E-state index contributed by atoms with van der Waals surface area (Å²) in [6.45, 7) is 3.13. The molecule has 0 N–H and O–H groups in total. The maximum atomic E-state index is 12.9. The van der Waals surface area contributed by atoms with Gasteiger partial charge in [0.05, 0.1) is 27.2 Å². The van der Waals surface area contributed by atoms with Gasteiger partial charge in [-0.25, -0.2) is 14.6 Å². The van der Waals surface area contributed by atoms with Crippen LogP contribution in [0, 0.1) is 0 Å². The molecule has 3 heterocycles. The maximum absolute atomic E-state index is 12.9. The molecule has 5 rings (SSSR count). The summed E-state index contributed by atoms with van der Waals surface area (Å²) >= 11 is 0. The molecule has 2 aromatic carbocycles. The Morgan fingerprint density at radius 2 is 1.69 bits per heavy atom. The molecule has 1 fully saturated rings. The summed E-state index contributed by atoms with van der Waals surface area (Å²) in [6, 6.07) is 15.7. The molecule has 2 aromatic heterocycles. The summed E-state index contributed by atoms with van der Waals surface area (Å²) < 4.78 is 12.4. The van der Waals surface area contributed by atoms with Crippen LogP contribution in [0.25, 0.3) is 11.2 Å². The highest BCUT2D eigenvalue weighted by atomic mass is 16.5. The monoisotopic (exact) mass is 473 g/mol. The Morgan fingerprint density at radius 1 is 0.914 bits per heavy atom. The molecule has 0 saturated carbocycles. The van der Waals surface area contributed by atoms with Gasteiger partial charge in [-0.2, -0.15) is 0 Å². The van der Waals surface area contributed by atoms with E-state index >= 15 is 0 Å². The fourth-order valence-electron chi connectivity index (χ4n) is 4.32. The van der Waals surface area contributed by atoms with Gasteiger partial charge in [-0.3, -0.25) is 4.79 Å². The van der Waals surface area contributed by atoms with Gasteiger partial charge in [-0.1, -0.05) is 41.6 Å². The van der Waals surface area contributed by atoms with Crippen molar-refractivity contribution in [2.45, 2.75) is 13.0 Å². The van der Waals surface area contributed by atoms with Gasteiger partial charge in [0, 0.05) is 26.2 Å². The van der Waals surface area contributed by atoms with Crippen LogP contribution in [0.1, 0.15) is 11.1 Å². The van der Waals surface area contributed by atoms with Crippen molar-refractivity contribution < 1.29 is 14.3 Å². The van der Waals surface area contributed by atoms with Gasteiger partial charge in [-0.05, 0) is 23.3 Å². The lowest BCUT2D eigenvalue weighted by atomic mass is 10.1. The van der Waals surface area contributed by atoms with E-state index in [1.54, 1.807) is 25.2 Å². The molecule has 0 spiro atoms. The van der Waals surface area contributed by atoms with E-state index in [0.29, 0.717) is 61.8 Å². The lowest BCUT2D eigenvalue weighted by Gasteiger charge is -2.35. The zero-order chi connectivity index (χ0) is 24.2. The van der Waals surface area contributed by atoms with Crippen molar-refractivity contribution in [3.05, 3.63) is 66.0 Å². The second kappa shape index (κ2) is 9.96. The number of amides is 1. The van der Waals surface area contributed by atoms with Gasteiger partial charge in [0.15, 0.2) is 28.5 Å². The van der Waals surface area contributed by atoms with E-state index in [1.165, 1.54) is 0 Å². The largest absolute Gasteiger partial charge is 0.493 e. The Hall–Kier alpha value is -4.21. The molecule has 0 aliphatic carbocycles. The van der Waals surface area contributed by atoms with E-state index in [2.05, 4.69) is 25.2 Å². The van der Waals surface area contributed by atoms with Crippen LogP contribution in [0.4, 0.5) is 5.82 Å². The topological polar surface area (TPSA) is 98.5 Å². The molecule has 4 aromatic rings. The van der Waals surface area contributed by atoms with E-state index in [0.717, 1.165) is 16.9 Å². The first-order valence-electron chi connectivity index (χ1n) is 11.5. The fraction of sp³-hybridized carbons (Fsp3) is 0.320. The molecule has 1 aliphatic heterocycles. The molecule has 0 unspecified atom stereocenters. The number of hydrogen-bond acceptors (Lipinski definition) is 8. The number of nitrogens with zero attached hydrogens (tertiary/aromatic N) is 7. The molecule has 0 atom stereocenters. The third-order valence-electron chi connectivity index (χ3n) is 6.19. The number of methoxy groups -OCH3 is 2. The number of ether oxygens (including phenoxy) is 2. The number of carbonyl (C=O) groups is 1. The molecular formula is C25H27N7O3. The summed E-state index contributed by atoms with van der Waals surface area (Å²) in [5.41, 5.74) is 3.39. The highest BCUT2D eigenvalue weighted by molar-refractivity contribution is 5.83. The molecule has 35 heavy (non-hydrogen) atoms. The second-order valence-electron chi connectivity index (χ2n) is 8.34. The molecule has 10 heteroatoms. The predicted molar refractivity (Wildman–Crippen MR) is 131 cm³/mol. The van der Waals surface area contributed by atoms with Crippen molar-refractivity contribution in [2.75, 3.05) is 45.3 Å². The van der Waals surface area contributed by atoms with Crippen molar-refractivity contribution >= 4 is 22.9 Å². The maximum Gasteiger partial charge on any atom is 0.227 e. The van der Waals surface area contributed by atoms with E-state index < -0.39 is 0 Å². The van der Waals surface area contributed by atoms with Crippen LogP contribution < -0.4 is 14.4 Å². The van der Waals surface area contributed by atoms with Crippen molar-refractivity contribution in [1.29, 1.82) is 0 Å². The Balaban J connectivity index is 1.25. The van der Waals surface area contributed by atoms with Gasteiger partial charge in [0.25, 0.3) is 0 Å². The number of benzene rings is 2. The average Bonchev–Trinajstić information content (AvgIpc) is 3.32. The number of piperazine rings is 1. The first kappa shape index (κ1) is 22.6. The Morgan fingerprint density at radius 3 is 2.43 bits per heavy atom. The third kappa shape index (κ3) is 4.72. The zero-order valence-corrected chi connectivity index (χ0v) is 19.8. The van der Waals surface area contributed by atoms with Crippen molar-refractivity contribution in [1.82, 2.24) is 29.9 Å². The minimum atomic E-state index is 0.0820. The van der Waals surface area contributed by atoms with Crippen LogP contribution in [-0.2, 0) is 17.8 Å². The van der Waals surface area contributed by atoms with Crippen LogP contribution in [-0.4, -0.2) is 76.2 Å². The first-order chi connectivity index (χ1) is 17.2. The molecule has 0 radical (unpaired) electrons. The molecular weight excluding hydrogens is 446 g/mol. The average molecular weight is 474 g/mol. The number of fused-ring (bicyclic) bond motifs is 1. The minimum absolute atomic E-state index is 0.0820. The quantitative estimate of drug-likeness (QED) is 0.403. The van der Waals surface area contributed by atoms with Crippen LogP contribution in [0.2, 0.25) is 0 Å². The van der Waals surface area contributed by atoms with E-state index in [1.807, 2.05) is 53.4 Å². The van der Waals surface area contributed by atoms with E-state index in [9.17, 15) is 4.79 Å². The number of rotatable bonds is 7. The summed E-state index contributed by atoms with van der Waals surface area (Å²) in [5, 5.41) is 8.69. The van der Waals surface area contributed by atoms with Gasteiger partial charge in [-0.15, -0.1) is 5.10 Å². The second-order valence-corrected chi connectivity index (χ2v) is 8.34. The fourth-order valence-corrected chi connectivity index (χ4v) is 4.32. The molecule has 1 saturated heterocycles. The summed E-state index contributed by atoms with van der Waals surface area (Å²) in [7, 11) is 3.18. The van der Waals surface area contributed by atoms with Gasteiger partial charge >= 0.3 is 0 Å². The number of carbonyl (C=O) groups excluding carboxylic acids is 1. The molecule has 0 bridgehead atoms. The predicted octanol–water partition coefficient (Wildman–Crippen LogP) is 2.18. The number of anilines is 1. The lowest BCUT2D eigenvalue weighted by Crippen LogP contribution is -2.49. The van der Waals surface area contributed by atoms with Crippen LogP contribution >= 0.6 is 0 Å². The van der Waals surface area contributed by atoms with E-state index in [4.69, 9.17) is 9.47 Å². The number of aromatic nitrogens is 5. The summed E-state index contributed by atoms with van der Waals surface area (Å²) in [5.74, 6) is 2.10. The van der Waals surface area contributed by atoms with Crippen LogP contribution in [0.3, 0.4) is 0 Å². The summed E-state index contributed by atoms with van der Waals surface area (Å²) in [6.07, 6.45) is 1.86. The smallest absolute Gasteiger partial charge is 0.227 e. The lowest BCUT2D eigenvalue weighted by molar-refractivity contribution is -0.130. The summed E-state index contributed by atoms with van der Waals surface area (Å²) in [4.78, 5) is 25.9. The molecule has 10 nitrogen and oxygen atoms in total. The highest BCUT2D eigenvalue weighted by Gasteiger charge is 2.25. The Labute approximate surface area is 203 Å². The third-order valence-corrected chi connectivity index (χ3v) is 6.19. The highest BCUT2D eigenvalue weighted by Crippen LogP contribution is 2.28. The standard InChI is InChI=1S/C25H27N7O3/c1-34-20-9-8-19(14-21(20)35-2)15-22(33)30-10-12-31(13-11-30)24-23-25(27-17-26-24)32(29-28-23)16-18-6-4-3-5-7-18/h3-9,14,17H,10-13,15-16H2,1-2H3. The Kier molecular flexibility index (Phi) is 6.42. The van der Waals surface area contributed by atoms with E-state index in [-0.39, 0.29) is 5.91 Å². The molecule has 180 valence electrons. The first-order valence-corrected chi connectivity index (χ1v) is 11.5. The minimum Gasteiger partial charge on any atom is -0.493 e.